The zero-order valence-corrected chi connectivity index (χ0v) is 16.5. The number of carbonyl (C=O) groups is 1. The Hall–Kier alpha value is -0.810. The highest BCUT2D eigenvalue weighted by atomic mass is 35.5. The van der Waals surface area contributed by atoms with E-state index >= 15 is 0 Å². The third-order valence-electron chi connectivity index (χ3n) is 4.46. The van der Waals surface area contributed by atoms with E-state index < -0.39 is 0 Å². The third kappa shape index (κ3) is 7.39. The van der Waals surface area contributed by atoms with Crippen molar-refractivity contribution in [3.63, 3.8) is 0 Å². The quantitative estimate of drug-likeness (QED) is 0.798. The Labute approximate surface area is 158 Å². The summed E-state index contributed by atoms with van der Waals surface area (Å²) in [5.41, 5.74) is 2.19. The Bertz CT molecular complexity index is 474. The Morgan fingerprint density at radius 1 is 1.21 bits per heavy atom. The van der Waals surface area contributed by atoms with Crippen LogP contribution in [0.1, 0.15) is 32.3 Å². The first-order valence-electron chi connectivity index (χ1n) is 8.35. The molecule has 138 valence electrons. The molecule has 4 nitrogen and oxygen atoms in total. The van der Waals surface area contributed by atoms with Crippen molar-refractivity contribution in [3.05, 3.63) is 29.8 Å². The van der Waals surface area contributed by atoms with Crippen molar-refractivity contribution >= 4 is 36.4 Å². The van der Waals surface area contributed by atoms with Crippen molar-refractivity contribution < 1.29 is 4.79 Å². The van der Waals surface area contributed by atoms with Crippen molar-refractivity contribution in [2.75, 3.05) is 32.0 Å². The summed E-state index contributed by atoms with van der Waals surface area (Å²) in [4.78, 5) is 14.5. The molecule has 1 fully saturated rings. The fourth-order valence-electron chi connectivity index (χ4n) is 2.84. The molecule has 0 radical (unpaired) electrons. The van der Waals surface area contributed by atoms with Crippen LogP contribution in [0.15, 0.2) is 24.3 Å². The zero-order chi connectivity index (χ0) is 15.9. The molecule has 1 amide bonds. The van der Waals surface area contributed by atoms with Crippen molar-refractivity contribution in [2.45, 2.75) is 33.2 Å². The van der Waals surface area contributed by atoms with Crippen molar-refractivity contribution in [1.29, 1.82) is 0 Å². The molecular formula is C18H31Cl2N3O. The number of carbonyl (C=O) groups excluding carboxylic acids is 1. The highest BCUT2D eigenvalue weighted by Crippen LogP contribution is 2.19. The Morgan fingerprint density at radius 3 is 2.33 bits per heavy atom. The van der Waals surface area contributed by atoms with Crippen molar-refractivity contribution in [3.8, 4) is 0 Å². The topological polar surface area (TPSA) is 44.4 Å². The number of rotatable bonds is 6. The molecule has 2 N–H and O–H groups in total. The maximum absolute atomic E-state index is 12.0. The molecule has 1 unspecified atom stereocenters. The molecular weight excluding hydrogens is 345 g/mol. The van der Waals surface area contributed by atoms with Gasteiger partial charge in [0.1, 0.15) is 0 Å². The first-order chi connectivity index (χ1) is 10.6. The van der Waals surface area contributed by atoms with Crippen LogP contribution >= 0.6 is 24.8 Å². The molecule has 2 rings (SSSR count). The number of halogens is 2. The molecule has 0 bridgehead atoms. The number of nitrogens with zero attached hydrogens (tertiary/aromatic N) is 1. The Kier molecular flexibility index (Phi) is 11.3. The highest BCUT2D eigenvalue weighted by molar-refractivity contribution is 5.92. The van der Waals surface area contributed by atoms with Gasteiger partial charge in [-0.15, -0.1) is 24.8 Å². The van der Waals surface area contributed by atoms with Gasteiger partial charge in [0.15, 0.2) is 0 Å². The second-order valence-corrected chi connectivity index (χ2v) is 6.60. The van der Waals surface area contributed by atoms with E-state index in [-0.39, 0.29) is 36.6 Å². The minimum atomic E-state index is -0.0278. The van der Waals surface area contributed by atoms with Gasteiger partial charge in [0.05, 0.1) is 0 Å². The predicted octanol–water partition coefficient (Wildman–Crippen LogP) is 3.56. The lowest BCUT2D eigenvalue weighted by Crippen LogP contribution is -2.32. The average Bonchev–Trinajstić information content (AvgIpc) is 2.51. The maximum Gasteiger partial charge on any atom is 0.228 e. The first-order valence-corrected chi connectivity index (χ1v) is 8.35. The number of hydrogen-bond donors (Lipinski definition) is 2. The molecule has 1 heterocycles. The van der Waals surface area contributed by atoms with Gasteiger partial charge in [-0.05, 0) is 56.6 Å². The van der Waals surface area contributed by atoms with Gasteiger partial charge >= 0.3 is 0 Å². The van der Waals surface area contributed by atoms with Gasteiger partial charge in [0, 0.05) is 24.7 Å². The molecule has 1 aliphatic heterocycles. The van der Waals surface area contributed by atoms with Gasteiger partial charge in [0.25, 0.3) is 0 Å². The lowest BCUT2D eigenvalue weighted by atomic mass is 9.99. The largest absolute Gasteiger partial charge is 0.326 e. The summed E-state index contributed by atoms with van der Waals surface area (Å²) in [5.74, 6) is 0.903. The number of hydrogen-bond acceptors (Lipinski definition) is 3. The van der Waals surface area contributed by atoms with Gasteiger partial charge < -0.3 is 10.6 Å². The number of anilines is 1. The Morgan fingerprint density at radius 2 is 1.79 bits per heavy atom. The molecule has 0 spiro atoms. The summed E-state index contributed by atoms with van der Waals surface area (Å²) < 4.78 is 0. The lowest BCUT2D eigenvalue weighted by molar-refractivity contribution is -0.119. The minimum Gasteiger partial charge on any atom is -0.326 e. The van der Waals surface area contributed by atoms with Crippen LogP contribution in [0, 0.1) is 11.8 Å². The summed E-state index contributed by atoms with van der Waals surface area (Å²) in [6.45, 7) is 8.36. The van der Waals surface area contributed by atoms with Crippen LogP contribution in [0.4, 0.5) is 5.69 Å². The smallest absolute Gasteiger partial charge is 0.228 e. The molecule has 6 heteroatoms. The normalized spacial score (nSPS) is 16.6. The van der Waals surface area contributed by atoms with E-state index in [2.05, 4.69) is 34.6 Å². The summed E-state index contributed by atoms with van der Waals surface area (Å²) in [7, 11) is 1.86. The number of likely N-dealkylation sites (tertiary alicyclic amines) is 1. The molecule has 0 aromatic heterocycles. The fourth-order valence-corrected chi connectivity index (χ4v) is 2.84. The molecule has 1 saturated heterocycles. The molecule has 1 atom stereocenters. The summed E-state index contributed by atoms with van der Waals surface area (Å²) >= 11 is 0. The van der Waals surface area contributed by atoms with Crippen molar-refractivity contribution in [1.82, 2.24) is 10.2 Å². The van der Waals surface area contributed by atoms with Gasteiger partial charge in [-0.3, -0.25) is 9.69 Å². The fraction of sp³-hybridized carbons (Fsp3) is 0.611. The molecule has 1 aliphatic rings. The lowest BCUT2D eigenvalue weighted by Gasteiger charge is -2.30. The van der Waals surface area contributed by atoms with Crippen LogP contribution in [0.2, 0.25) is 0 Å². The Balaban J connectivity index is 0.00000264. The van der Waals surface area contributed by atoms with E-state index in [1.165, 1.54) is 31.5 Å². The van der Waals surface area contributed by atoms with Crippen molar-refractivity contribution in [2.24, 2.45) is 11.8 Å². The number of nitrogens with one attached hydrogen (secondary N) is 2. The molecule has 1 aromatic carbocycles. The van der Waals surface area contributed by atoms with Crippen LogP contribution < -0.4 is 10.6 Å². The summed E-state index contributed by atoms with van der Waals surface area (Å²) in [6, 6.07) is 8.25. The van der Waals surface area contributed by atoms with Gasteiger partial charge in [-0.1, -0.05) is 26.0 Å². The van der Waals surface area contributed by atoms with Crippen LogP contribution in [0.3, 0.4) is 0 Å². The van der Waals surface area contributed by atoms with E-state index in [4.69, 9.17) is 0 Å². The van der Waals surface area contributed by atoms with Crippen LogP contribution in [-0.4, -0.2) is 37.5 Å². The number of amides is 1. The predicted molar refractivity (Wildman–Crippen MR) is 106 cm³/mol. The minimum absolute atomic E-state index is 0. The SMILES string of the molecule is CNCC(C)C(=O)Nc1ccc(CN2CCC(C)CC2)cc1.Cl.Cl. The summed E-state index contributed by atoms with van der Waals surface area (Å²) in [5, 5.41) is 6.00. The monoisotopic (exact) mass is 375 g/mol. The maximum atomic E-state index is 12.0. The second kappa shape index (κ2) is 11.7. The summed E-state index contributed by atoms with van der Waals surface area (Å²) in [6.07, 6.45) is 2.61. The average molecular weight is 376 g/mol. The highest BCUT2D eigenvalue weighted by Gasteiger charge is 2.16. The molecule has 1 aromatic rings. The first kappa shape index (κ1) is 23.2. The van der Waals surface area contributed by atoms with E-state index in [1.54, 1.807) is 0 Å². The van der Waals surface area contributed by atoms with Gasteiger partial charge in [-0.25, -0.2) is 0 Å². The van der Waals surface area contributed by atoms with Crippen LogP contribution in [0.5, 0.6) is 0 Å². The number of benzene rings is 1. The molecule has 24 heavy (non-hydrogen) atoms. The standard InChI is InChI=1S/C18H29N3O.2ClH/c1-14-8-10-21(11-9-14)13-16-4-6-17(7-5-16)20-18(22)15(2)12-19-3;;/h4-7,14-15,19H,8-13H2,1-3H3,(H,20,22);2*1H. The second-order valence-electron chi connectivity index (χ2n) is 6.60. The van der Waals surface area contributed by atoms with E-state index in [9.17, 15) is 4.79 Å². The van der Waals surface area contributed by atoms with E-state index in [1.807, 2.05) is 26.1 Å². The zero-order valence-electron chi connectivity index (χ0n) is 14.9. The van der Waals surface area contributed by atoms with E-state index in [0.29, 0.717) is 6.54 Å². The number of piperidine rings is 1. The molecule has 0 aliphatic carbocycles. The van der Waals surface area contributed by atoms with Crippen LogP contribution in [0.25, 0.3) is 0 Å². The third-order valence-corrected chi connectivity index (χ3v) is 4.46. The van der Waals surface area contributed by atoms with Gasteiger partial charge in [-0.2, -0.15) is 0 Å². The van der Waals surface area contributed by atoms with E-state index in [0.717, 1.165) is 18.2 Å². The van der Waals surface area contributed by atoms with Gasteiger partial charge in [0.2, 0.25) is 5.91 Å². The van der Waals surface area contributed by atoms with Crippen LogP contribution in [-0.2, 0) is 11.3 Å². The molecule has 0 saturated carbocycles.